The minimum atomic E-state index is 0.863. The van der Waals surface area contributed by atoms with Crippen molar-refractivity contribution in [1.82, 2.24) is 0 Å². The maximum absolute atomic E-state index is 6.79. The number of fused-ring (bicyclic) bond motifs is 7. The summed E-state index contributed by atoms with van der Waals surface area (Å²) in [4.78, 5) is 2.40. The molecule has 234 valence electrons. The Labute approximate surface area is 290 Å². The minimum absolute atomic E-state index is 0.863. The van der Waals surface area contributed by atoms with E-state index in [4.69, 9.17) is 4.42 Å². The zero-order chi connectivity index (χ0) is 33.0. The molecule has 2 heteroatoms. The van der Waals surface area contributed by atoms with Gasteiger partial charge < -0.3 is 9.32 Å². The normalized spacial score (nSPS) is 11.6. The first-order valence-corrected chi connectivity index (χ1v) is 17.1. The fourth-order valence-electron chi connectivity index (χ4n) is 7.57. The molecule has 1 heterocycles. The van der Waals surface area contributed by atoms with Crippen LogP contribution in [-0.4, -0.2) is 0 Å². The average Bonchev–Trinajstić information content (AvgIpc) is 3.57. The van der Waals surface area contributed by atoms with Crippen LogP contribution in [0.25, 0.3) is 76.5 Å². The van der Waals surface area contributed by atoms with Gasteiger partial charge >= 0.3 is 0 Å². The highest BCUT2D eigenvalue weighted by molar-refractivity contribution is 6.17. The Bertz CT molecular complexity index is 2870. The van der Waals surface area contributed by atoms with Gasteiger partial charge in [-0.25, -0.2) is 0 Å². The fourth-order valence-corrected chi connectivity index (χ4v) is 7.57. The van der Waals surface area contributed by atoms with Crippen LogP contribution in [-0.2, 0) is 0 Å². The van der Waals surface area contributed by atoms with E-state index in [-0.39, 0.29) is 0 Å². The molecule has 0 aliphatic heterocycles. The lowest BCUT2D eigenvalue weighted by Crippen LogP contribution is -2.11. The average molecular weight is 638 g/mol. The van der Waals surface area contributed by atoms with Crippen molar-refractivity contribution in [2.75, 3.05) is 4.90 Å². The summed E-state index contributed by atoms with van der Waals surface area (Å²) in [5, 5.41) is 9.53. The third-order valence-electron chi connectivity index (χ3n) is 10.0. The predicted octanol–water partition coefficient (Wildman–Crippen LogP) is 13.8. The van der Waals surface area contributed by atoms with Crippen molar-refractivity contribution in [2.45, 2.75) is 0 Å². The van der Waals surface area contributed by atoms with Gasteiger partial charge in [0, 0.05) is 21.8 Å². The van der Waals surface area contributed by atoms with Crippen LogP contribution >= 0.6 is 0 Å². The van der Waals surface area contributed by atoms with Crippen LogP contribution in [0.3, 0.4) is 0 Å². The summed E-state index contributed by atoms with van der Waals surface area (Å²) in [6, 6.07) is 67.5. The van der Waals surface area contributed by atoms with E-state index in [9.17, 15) is 0 Å². The highest BCUT2D eigenvalue weighted by Crippen LogP contribution is 2.47. The molecule has 0 fully saturated rings. The number of hydrogen-bond donors (Lipinski definition) is 0. The van der Waals surface area contributed by atoms with Crippen LogP contribution in [0.4, 0.5) is 17.1 Å². The maximum Gasteiger partial charge on any atom is 0.159 e. The van der Waals surface area contributed by atoms with Crippen LogP contribution in [0.2, 0.25) is 0 Å². The first-order valence-electron chi connectivity index (χ1n) is 17.1. The van der Waals surface area contributed by atoms with Gasteiger partial charge in [0.05, 0.1) is 11.4 Å². The Kier molecular flexibility index (Phi) is 6.53. The predicted molar refractivity (Wildman–Crippen MR) is 212 cm³/mol. The van der Waals surface area contributed by atoms with E-state index in [1.165, 1.54) is 43.4 Å². The van der Waals surface area contributed by atoms with Gasteiger partial charge in [0.15, 0.2) is 5.58 Å². The van der Waals surface area contributed by atoms with E-state index in [1.807, 2.05) is 6.07 Å². The Morgan fingerprint density at radius 3 is 1.76 bits per heavy atom. The quantitative estimate of drug-likeness (QED) is 0.175. The van der Waals surface area contributed by atoms with Crippen molar-refractivity contribution in [3.8, 4) is 22.3 Å². The summed E-state index contributed by atoms with van der Waals surface area (Å²) >= 11 is 0. The Hall–Kier alpha value is -6.64. The number of rotatable bonds is 5. The molecule has 0 atom stereocenters. The summed E-state index contributed by atoms with van der Waals surface area (Å²) in [6.45, 7) is 0. The van der Waals surface area contributed by atoms with E-state index in [2.05, 4.69) is 187 Å². The molecule has 0 radical (unpaired) electrons. The van der Waals surface area contributed by atoms with E-state index in [0.717, 1.165) is 50.1 Å². The summed E-state index contributed by atoms with van der Waals surface area (Å²) in [5.41, 5.74) is 9.57. The monoisotopic (exact) mass is 637 g/mol. The van der Waals surface area contributed by atoms with Gasteiger partial charge in [-0.15, -0.1) is 0 Å². The minimum Gasteiger partial charge on any atom is -0.454 e. The molecule has 0 saturated heterocycles. The molecule has 0 N–H and O–H groups in total. The standard InChI is InChI=1S/C48H31NO/c1-2-12-32(13-3-1)38-29-44-43-20-10-11-21-47(43)50-48(44)46(31-38)49(45-30-37-16-6-7-17-40(37)41-18-8-9-19-42(41)45)39-26-24-34(25-27-39)36-23-22-33-14-4-5-15-35(33)28-36/h1-31H. The van der Waals surface area contributed by atoms with E-state index >= 15 is 0 Å². The van der Waals surface area contributed by atoms with E-state index in [1.54, 1.807) is 0 Å². The lowest BCUT2D eigenvalue weighted by Gasteiger charge is -2.28. The van der Waals surface area contributed by atoms with E-state index < -0.39 is 0 Å². The number of hydrogen-bond acceptors (Lipinski definition) is 2. The highest BCUT2D eigenvalue weighted by Gasteiger charge is 2.23. The largest absolute Gasteiger partial charge is 0.454 e. The van der Waals surface area contributed by atoms with Gasteiger partial charge in [-0.3, -0.25) is 0 Å². The van der Waals surface area contributed by atoms with Gasteiger partial charge in [-0.1, -0.05) is 146 Å². The first kappa shape index (κ1) is 28.4. The molecule has 50 heavy (non-hydrogen) atoms. The summed E-state index contributed by atoms with van der Waals surface area (Å²) in [5.74, 6) is 0. The van der Waals surface area contributed by atoms with Gasteiger partial charge in [0.2, 0.25) is 0 Å². The maximum atomic E-state index is 6.79. The molecule has 10 aromatic rings. The van der Waals surface area contributed by atoms with Crippen LogP contribution in [0.15, 0.2) is 192 Å². The van der Waals surface area contributed by atoms with Gasteiger partial charge in [0.25, 0.3) is 0 Å². The molecule has 0 spiro atoms. The second-order valence-electron chi connectivity index (χ2n) is 12.9. The number of benzene rings is 9. The van der Waals surface area contributed by atoms with Gasteiger partial charge in [-0.2, -0.15) is 0 Å². The number of anilines is 3. The fraction of sp³-hybridized carbons (Fsp3) is 0. The lowest BCUT2D eigenvalue weighted by molar-refractivity contribution is 0.669. The van der Waals surface area contributed by atoms with Crippen LogP contribution in [0, 0.1) is 0 Å². The van der Waals surface area contributed by atoms with Crippen molar-refractivity contribution >= 4 is 71.3 Å². The lowest BCUT2D eigenvalue weighted by atomic mass is 9.97. The van der Waals surface area contributed by atoms with Crippen LogP contribution in [0.5, 0.6) is 0 Å². The van der Waals surface area contributed by atoms with E-state index in [0.29, 0.717) is 0 Å². The van der Waals surface area contributed by atoms with Crippen molar-refractivity contribution < 1.29 is 4.42 Å². The second kappa shape index (κ2) is 11.5. The Balaban J connectivity index is 1.26. The molecular formula is C48H31NO. The first-order chi connectivity index (χ1) is 24.8. The van der Waals surface area contributed by atoms with Crippen molar-refractivity contribution in [2.24, 2.45) is 0 Å². The topological polar surface area (TPSA) is 16.4 Å². The number of para-hydroxylation sites is 1. The summed E-state index contributed by atoms with van der Waals surface area (Å²) < 4.78 is 6.79. The summed E-state index contributed by atoms with van der Waals surface area (Å²) in [6.07, 6.45) is 0. The van der Waals surface area contributed by atoms with Crippen molar-refractivity contribution in [3.63, 3.8) is 0 Å². The highest BCUT2D eigenvalue weighted by atomic mass is 16.3. The second-order valence-corrected chi connectivity index (χ2v) is 12.9. The molecular weight excluding hydrogens is 607 g/mol. The molecule has 2 nitrogen and oxygen atoms in total. The smallest absolute Gasteiger partial charge is 0.159 e. The van der Waals surface area contributed by atoms with Crippen LogP contribution < -0.4 is 4.90 Å². The van der Waals surface area contributed by atoms with Crippen LogP contribution in [0.1, 0.15) is 0 Å². The molecule has 10 rings (SSSR count). The molecule has 1 aromatic heterocycles. The number of furan rings is 1. The third-order valence-corrected chi connectivity index (χ3v) is 10.0. The molecule has 0 bridgehead atoms. The molecule has 9 aromatic carbocycles. The Morgan fingerprint density at radius 2 is 0.940 bits per heavy atom. The van der Waals surface area contributed by atoms with Crippen molar-refractivity contribution in [1.29, 1.82) is 0 Å². The van der Waals surface area contributed by atoms with Gasteiger partial charge in [0.1, 0.15) is 5.58 Å². The molecule has 0 aliphatic carbocycles. The summed E-state index contributed by atoms with van der Waals surface area (Å²) in [7, 11) is 0. The molecule has 0 aliphatic rings. The zero-order valence-corrected chi connectivity index (χ0v) is 27.3. The van der Waals surface area contributed by atoms with Crippen molar-refractivity contribution in [3.05, 3.63) is 188 Å². The Morgan fingerprint density at radius 1 is 0.320 bits per heavy atom. The third kappa shape index (κ3) is 4.65. The van der Waals surface area contributed by atoms with Gasteiger partial charge in [-0.05, 0) is 91.6 Å². The number of nitrogens with zero attached hydrogens (tertiary/aromatic N) is 1. The molecule has 0 amide bonds. The zero-order valence-electron chi connectivity index (χ0n) is 27.3. The SMILES string of the molecule is c1ccc(-c2cc(N(c3ccc(-c4ccc5ccccc5c4)cc3)c3cc4ccccc4c4ccccc34)c3oc4ccccc4c3c2)cc1. The molecule has 0 unspecified atom stereocenters. The molecule has 0 saturated carbocycles.